The average Bonchev–Trinajstić information content (AvgIpc) is 2.10. The number of hydrogen-bond donors (Lipinski definition) is 0. The molecular weight excluding hydrogens is 249 g/mol. The van der Waals surface area contributed by atoms with E-state index >= 15 is 0 Å². The Morgan fingerprint density at radius 2 is 2.07 bits per heavy atom. The van der Waals surface area contributed by atoms with Crippen molar-refractivity contribution in [2.75, 3.05) is 18.6 Å². The normalized spacial score (nSPS) is 13.7. The third kappa shape index (κ3) is 7.84. The molecule has 7 heteroatoms. The summed E-state index contributed by atoms with van der Waals surface area (Å²) in [7, 11) is 0. The van der Waals surface area contributed by atoms with E-state index < -0.39 is 16.7 Å². The predicted molar refractivity (Wildman–Crippen MR) is 57.1 cm³/mol. The lowest BCUT2D eigenvalue weighted by molar-refractivity contribution is -0.142. The molecule has 0 bridgehead atoms. The molecule has 0 aliphatic carbocycles. The Morgan fingerprint density at radius 1 is 1.47 bits per heavy atom. The van der Waals surface area contributed by atoms with Crippen molar-refractivity contribution in [3.05, 3.63) is 0 Å². The van der Waals surface area contributed by atoms with Gasteiger partial charge in [-0.15, -0.1) is 0 Å². The van der Waals surface area contributed by atoms with Gasteiger partial charge in [0.15, 0.2) is 0 Å². The summed E-state index contributed by atoms with van der Waals surface area (Å²) in [5.74, 6) is -0.277. The summed E-state index contributed by atoms with van der Waals surface area (Å²) in [6.07, 6.45) is 1.95. The lowest BCUT2D eigenvalue weighted by Crippen LogP contribution is -2.24. The first-order chi connectivity index (χ1) is 6.90. The molecule has 0 heterocycles. The van der Waals surface area contributed by atoms with Crippen LogP contribution in [0.1, 0.15) is 13.3 Å². The molecule has 0 aromatic heterocycles. The van der Waals surface area contributed by atoms with Crippen LogP contribution in [0.25, 0.3) is 0 Å². The number of halogens is 3. The van der Waals surface area contributed by atoms with Crippen LogP contribution >= 0.6 is 23.5 Å². The summed E-state index contributed by atoms with van der Waals surface area (Å²) in [5, 5.41) is -1.14. The maximum Gasteiger partial charge on any atom is 0.442 e. The first kappa shape index (κ1) is 15.0. The van der Waals surface area contributed by atoms with Crippen molar-refractivity contribution in [3.63, 3.8) is 0 Å². The molecule has 0 amide bonds. The molecule has 90 valence electrons. The van der Waals surface area contributed by atoms with Crippen LogP contribution in [-0.2, 0) is 9.53 Å². The molecule has 1 unspecified atom stereocenters. The van der Waals surface area contributed by atoms with Crippen LogP contribution in [0.2, 0.25) is 0 Å². The van der Waals surface area contributed by atoms with Crippen molar-refractivity contribution >= 4 is 29.5 Å². The van der Waals surface area contributed by atoms with E-state index in [4.69, 9.17) is 0 Å². The third-order valence-corrected chi connectivity index (χ3v) is 3.03. The molecule has 0 saturated carbocycles. The zero-order chi connectivity index (χ0) is 11.9. The van der Waals surface area contributed by atoms with Gasteiger partial charge in [0.1, 0.15) is 5.25 Å². The number of esters is 1. The topological polar surface area (TPSA) is 26.3 Å². The zero-order valence-corrected chi connectivity index (χ0v) is 10.1. The fraction of sp³-hybridized carbons (Fsp3) is 0.875. The maximum atomic E-state index is 12.1. The van der Waals surface area contributed by atoms with Gasteiger partial charge >= 0.3 is 11.5 Å². The number of carbonyl (C=O) groups is 1. The van der Waals surface area contributed by atoms with E-state index in [0.29, 0.717) is 5.75 Å². The van der Waals surface area contributed by atoms with E-state index in [1.165, 1.54) is 11.8 Å². The van der Waals surface area contributed by atoms with Crippen LogP contribution < -0.4 is 0 Å². The van der Waals surface area contributed by atoms with Gasteiger partial charge in [-0.1, -0.05) is 0 Å². The van der Waals surface area contributed by atoms with E-state index in [-0.39, 0.29) is 24.8 Å². The molecular formula is C8H13F3O2S2. The van der Waals surface area contributed by atoms with E-state index in [0.717, 1.165) is 0 Å². The number of hydrogen-bond acceptors (Lipinski definition) is 4. The summed E-state index contributed by atoms with van der Waals surface area (Å²) in [6, 6.07) is 0. The largest absolute Gasteiger partial charge is 0.465 e. The van der Waals surface area contributed by atoms with Gasteiger partial charge in [0.2, 0.25) is 0 Å². The molecule has 0 radical (unpaired) electrons. The van der Waals surface area contributed by atoms with Crippen LogP contribution in [0, 0.1) is 0 Å². The molecule has 0 aromatic rings. The van der Waals surface area contributed by atoms with Gasteiger partial charge in [0.25, 0.3) is 0 Å². The standard InChI is InChI=1S/C8H13F3O2S2/c1-3-13-7(12)6(4-5-14-2)15-8(9,10)11/h6H,3-5H2,1-2H3. The number of carbonyl (C=O) groups excluding carboxylic acids is 1. The van der Waals surface area contributed by atoms with Crippen molar-refractivity contribution in [1.29, 1.82) is 0 Å². The highest BCUT2D eigenvalue weighted by atomic mass is 32.2. The highest BCUT2D eigenvalue weighted by Crippen LogP contribution is 2.36. The Morgan fingerprint density at radius 3 is 2.47 bits per heavy atom. The molecule has 0 fully saturated rings. The van der Waals surface area contributed by atoms with Crippen LogP contribution in [0.5, 0.6) is 0 Å². The lowest BCUT2D eigenvalue weighted by Gasteiger charge is -2.15. The number of thioether (sulfide) groups is 2. The van der Waals surface area contributed by atoms with Crippen LogP contribution in [0.3, 0.4) is 0 Å². The Labute approximate surface area is 95.3 Å². The minimum absolute atomic E-state index is 0.104. The van der Waals surface area contributed by atoms with Gasteiger partial charge in [-0.05, 0) is 37.1 Å². The molecule has 0 aromatic carbocycles. The second-order valence-electron chi connectivity index (χ2n) is 2.59. The van der Waals surface area contributed by atoms with E-state index in [1.807, 2.05) is 0 Å². The Balaban J connectivity index is 4.23. The molecule has 0 spiro atoms. The smallest absolute Gasteiger partial charge is 0.442 e. The number of rotatable bonds is 6. The van der Waals surface area contributed by atoms with Crippen molar-refractivity contribution in [3.8, 4) is 0 Å². The fourth-order valence-electron chi connectivity index (χ4n) is 0.846. The van der Waals surface area contributed by atoms with Gasteiger partial charge < -0.3 is 4.74 Å². The summed E-state index contributed by atoms with van der Waals surface area (Å²) >= 11 is 1.10. The molecule has 0 rings (SSSR count). The average molecular weight is 262 g/mol. The quantitative estimate of drug-likeness (QED) is 0.688. The second-order valence-corrected chi connectivity index (χ2v) is 4.84. The van der Waals surface area contributed by atoms with Gasteiger partial charge in [0.05, 0.1) is 6.61 Å². The fourth-order valence-corrected chi connectivity index (χ4v) is 2.19. The molecule has 2 nitrogen and oxygen atoms in total. The summed E-state index contributed by atoms with van der Waals surface area (Å²) in [6.45, 7) is 1.68. The molecule has 0 saturated heterocycles. The summed E-state index contributed by atoms with van der Waals surface area (Å²) in [4.78, 5) is 11.2. The first-order valence-corrected chi connectivity index (χ1v) is 6.58. The van der Waals surface area contributed by atoms with E-state index in [2.05, 4.69) is 4.74 Å². The minimum atomic E-state index is -4.39. The van der Waals surface area contributed by atoms with Gasteiger partial charge in [-0.3, -0.25) is 4.79 Å². The minimum Gasteiger partial charge on any atom is -0.465 e. The van der Waals surface area contributed by atoms with Crippen molar-refractivity contribution < 1.29 is 22.7 Å². The molecule has 15 heavy (non-hydrogen) atoms. The maximum absolute atomic E-state index is 12.1. The highest BCUT2D eigenvalue weighted by molar-refractivity contribution is 8.01. The van der Waals surface area contributed by atoms with Crippen LogP contribution in [0.15, 0.2) is 0 Å². The predicted octanol–water partition coefficient (Wildman–Crippen LogP) is 2.92. The zero-order valence-electron chi connectivity index (χ0n) is 8.47. The first-order valence-electron chi connectivity index (χ1n) is 4.30. The van der Waals surface area contributed by atoms with Gasteiger partial charge in [0, 0.05) is 0 Å². The molecule has 0 N–H and O–H groups in total. The Hall–Kier alpha value is -0.0400. The lowest BCUT2D eigenvalue weighted by atomic mass is 10.3. The Kier molecular flexibility index (Phi) is 7.25. The number of alkyl halides is 3. The third-order valence-electron chi connectivity index (χ3n) is 1.41. The summed E-state index contributed by atoms with van der Waals surface area (Å²) in [5.41, 5.74) is -4.39. The highest BCUT2D eigenvalue weighted by Gasteiger charge is 2.36. The van der Waals surface area contributed by atoms with Gasteiger partial charge in [-0.2, -0.15) is 24.9 Å². The van der Waals surface area contributed by atoms with Crippen molar-refractivity contribution in [1.82, 2.24) is 0 Å². The molecule has 0 aliphatic rings. The Bertz CT molecular complexity index is 197. The second kappa shape index (κ2) is 7.27. The van der Waals surface area contributed by atoms with Crippen LogP contribution in [-0.4, -0.2) is 35.3 Å². The van der Waals surface area contributed by atoms with E-state index in [9.17, 15) is 18.0 Å². The van der Waals surface area contributed by atoms with Crippen molar-refractivity contribution in [2.45, 2.75) is 24.1 Å². The SMILES string of the molecule is CCOC(=O)C(CCSC)SC(F)(F)F. The van der Waals surface area contributed by atoms with Crippen LogP contribution in [0.4, 0.5) is 13.2 Å². The number of ether oxygens (including phenoxy) is 1. The van der Waals surface area contributed by atoms with E-state index in [1.54, 1.807) is 13.2 Å². The summed E-state index contributed by atoms with van der Waals surface area (Å²) < 4.78 is 40.8. The monoisotopic (exact) mass is 262 g/mol. The molecule has 0 aliphatic heterocycles. The van der Waals surface area contributed by atoms with Gasteiger partial charge in [-0.25, -0.2) is 0 Å². The van der Waals surface area contributed by atoms with Crippen molar-refractivity contribution in [2.24, 2.45) is 0 Å². The molecule has 1 atom stereocenters.